The Kier molecular flexibility index (Phi) is 2.43. The summed E-state index contributed by atoms with van der Waals surface area (Å²) in [5, 5.41) is 0. The molecule has 100 valence electrons. The molecule has 2 nitrogen and oxygen atoms in total. The van der Waals surface area contributed by atoms with Gasteiger partial charge >= 0.3 is 0 Å². The number of hydrogen-bond donors (Lipinski definition) is 0. The molecule has 0 aromatic carbocycles. The third-order valence-corrected chi connectivity index (χ3v) is 6.50. The van der Waals surface area contributed by atoms with Crippen LogP contribution in [0.15, 0.2) is 0 Å². The highest BCUT2D eigenvalue weighted by Gasteiger charge is 2.62. The van der Waals surface area contributed by atoms with Gasteiger partial charge in [-0.25, -0.2) is 0 Å². The van der Waals surface area contributed by atoms with Crippen molar-refractivity contribution in [3.63, 3.8) is 0 Å². The molecule has 2 aliphatic carbocycles. The first-order chi connectivity index (χ1) is 8.72. The molecule has 2 heteroatoms. The Morgan fingerprint density at radius 3 is 2.83 bits per heavy atom. The molecule has 0 N–H and O–H groups in total. The standard InChI is InChI=1S/C16H25NO/c1-11-8-12-9-15(18)14-5-3-7-17-6-2-4-13(12)16(14,17)10-11/h11-14H,2-10H2,1H3/t11-,12+,13+,14-,16-/m1/s1. The van der Waals surface area contributed by atoms with Crippen molar-refractivity contribution in [1.82, 2.24) is 4.90 Å². The first-order valence-corrected chi connectivity index (χ1v) is 7.99. The second-order valence-corrected chi connectivity index (χ2v) is 7.40. The lowest BCUT2D eigenvalue weighted by atomic mass is 9.48. The van der Waals surface area contributed by atoms with E-state index in [-0.39, 0.29) is 0 Å². The topological polar surface area (TPSA) is 20.3 Å². The maximum absolute atomic E-state index is 12.5. The lowest BCUT2D eigenvalue weighted by Gasteiger charge is -2.65. The third-order valence-electron chi connectivity index (χ3n) is 6.50. The van der Waals surface area contributed by atoms with E-state index in [4.69, 9.17) is 0 Å². The van der Waals surface area contributed by atoms with Gasteiger partial charge in [-0.3, -0.25) is 9.69 Å². The number of nitrogens with zero attached hydrogens (tertiary/aromatic N) is 1. The van der Waals surface area contributed by atoms with E-state index in [0.717, 1.165) is 24.2 Å². The van der Waals surface area contributed by atoms with Crippen molar-refractivity contribution >= 4 is 5.78 Å². The average Bonchev–Trinajstić information content (AvgIpc) is 2.33. The summed E-state index contributed by atoms with van der Waals surface area (Å²) in [6.07, 6.45) is 8.75. The van der Waals surface area contributed by atoms with Crippen LogP contribution in [-0.4, -0.2) is 29.3 Å². The second-order valence-electron chi connectivity index (χ2n) is 7.40. The Balaban J connectivity index is 1.82. The van der Waals surface area contributed by atoms with Crippen LogP contribution in [0.5, 0.6) is 0 Å². The molecule has 18 heavy (non-hydrogen) atoms. The van der Waals surface area contributed by atoms with Gasteiger partial charge in [-0.2, -0.15) is 0 Å². The highest BCUT2D eigenvalue weighted by Crippen LogP contribution is 2.59. The fraction of sp³-hybridized carbons (Fsp3) is 0.938. The van der Waals surface area contributed by atoms with E-state index < -0.39 is 0 Å². The van der Waals surface area contributed by atoms with Gasteiger partial charge in [0.05, 0.1) is 0 Å². The monoisotopic (exact) mass is 247 g/mol. The molecule has 1 spiro atoms. The van der Waals surface area contributed by atoms with Crippen LogP contribution in [0.2, 0.25) is 0 Å². The highest BCUT2D eigenvalue weighted by atomic mass is 16.1. The maximum atomic E-state index is 12.5. The normalized spacial score (nSPS) is 51.9. The van der Waals surface area contributed by atoms with Crippen molar-refractivity contribution < 1.29 is 4.79 Å². The predicted molar refractivity (Wildman–Crippen MR) is 71.3 cm³/mol. The highest BCUT2D eigenvalue weighted by molar-refractivity contribution is 5.84. The van der Waals surface area contributed by atoms with E-state index in [1.54, 1.807) is 0 Å². The van der Waals surface area contributed by atoms with Crippen molar-refractivity contribution in [3.05, 3.63) is 0 Å². The summed E-state index contributed by atoms with van der Waals surface area (Å²) in [5.74, 6) is 3.43. The van der Waals surface area contributed by atoms with Crippen LogP contribution in [0.4, 0.5) is 0 Å². The molecular formula is C16H25NO. The quantitative estimate of drug-likeness (QED) is 0.656. The van der Waals surface area contributed by atoms with Crippen molar-refractivity contribution in [1.29, 1.82) is 0 Å². The van der Waals surface area contributed by atoms with Gasteiger partial charge in [0.2, 0.25) is 0 Å². The molecule has 0 radical (unpaired) electrons. The van der Waals surface area contributed by atoms with Gasteiger partial charge < -0.3 is 0 Å². The number of Topliss-reactive ketones (excluding diaryl/α,β-unsaturated/α-hetero) is 1. The zero-order valence-corrected chi connectivity index (χ0v) is 11.5. The van der Waals surface area contributed by atoms with Crippen molar-refractivity contribution in [2.45, 2.75) is 57.4 Å². The Labute approximate surface area is 110 Å². The van der Waals surface area contributed by atoms with E-state index in [1.165, 1.54) is 51.6 Å². The van der Waals surface area contributed by atoms with Gasteiger partial charge in [0.15, 0.2) is 0 Å². The van der Waals surface area contributed by atoms with Crippen LogP contribution in [0, 0.1) is 23.7 Å². The largest absolute Gasteiger partial charge is 0.299 e. The van der Waals surface area contributed by atoms with Crippen LogP contribution in [0.25, 0.3) is 0 Å². The molecule has 2 saturated heterocycles. The van der Waals surface area contributed by atoms with E-state index in [9.17, 15) is 4.79 Å². The molecule has 2 heterocycles. The molecule has 4 fully saturated rings. The molecule has 0 aromatic heterocycles. The molecule has 2 bridgehead atoms. The summed E-state index contributed by atoms with van der Waals surface area (Å²) in [5.41, 5.74) is 0.314. The van der Waals surface area contributed by atoms with Gasteiger partial charge in [0.1, 0.15) is 5.78 Å². The summed E-state index contributed by atoms with van der Waals surface area (Å²) in [7, 11) is 0. The van der Waals surface area contributed by atoms with Gasteiger partial charge in [0.25, 0.3) is 0 Å². The number of piperidine rings is 2. The van der Waals surface area contributed by atoms with Crippen molar-refractivity contribution in [3.8, 4) is 0 Å². The van der Waals surface area contributed by atoms with E-state index in [1.807, 2.05) is 0 Å². The minimum atomic E-state index is 0.314. The van der Waals surface area contributed by atoms with Crippen LogP contribution < -0.4 is 0 Å². The number of hydrogen-bond acceptors (Lipinski definition) is 2. The van der Waals surface area contributed by atoms with Crippen LogP contribution in [0.3, 0.4) is 0 Å². The summed E-state index contributed by atoms with van der Waals surface area (Å²) >= 11 is 0. The van der Waals surface area contributed by atoms with Gasteiger partial charge in [0, 0.05) is 17.9 Å². The van der Waals surface area contributed by atoms with Crippen molar-refractivity contribution in [2.75, 3.05) is 13.1 Å². The van der Waals surface area contributed by atoms with Crippen molar-refractivity contribution in [2.24, 2.45) is 23.7 Å². The van der Waals surface area contributed by atoms with Crippen LogP contribution in [-0.2, 0) is 4.79 Å². The summed E-state index contributed by atoms with van der Waals surface area (Å²) in [6.45, 7) is 4.95. The first kappa shape index (κ1) is 11.5. The molecular weight excluding hydrogens is 222 g/mol. The minimum Gasteiger partial charge on any atom is -0.299 e. The number of ketones is 1. The zero-order chi connectivity index (χ0) is 12.3. The van der Waals surface area contributed by atoms with E-state index in [2.05, 4.69) is 11.8 Å². The summed E-state index contributed by atoms with van der Waals surface area (Å²) < 4.78 is 0. The summed E-state index contributed by atoms with van der Waals surface area (Å²) in [6, 6.07) is 0. The average molecular weight is 247 g/mol. The molecule has 4 rings (SSSR count). The molecule has 0 aromatic rings. The van der Waals surface area contributed by atoms with Gasteiger partial charge in [-0.15, -0.1) is 0 Å². The Morgan fingerprint density at radius 2 is 2.00 bits per heavy atom. The third kappa shape index (κ3) is 1.31. The lowest BCUT2D eigenvalue weighted by molar-refractivity contribution is -0.172. The number of rotatable bonds is 0. The SMILES string of the molecule is C[C@@H]1C[C@H]2CC(=O)[C@H]3CCCN4CCC[C@@H]2[C@]34C1. The smallest absolute Gasteiger partial charge is 0.138 e. The van der Waals surface area contributed by atoms with Crippen LogP contribution in [0.1, 0.15) is 51.9 Å². The number of carbonyl (C=O) groups excluding carboxylic acids is 1. The van der Waals surface area contributed by atoms with Gasteiger partial charge in [-0.05, 0) is 69.4 Å². The van der Waals surface area contributed by atoms with E-state index >= 15 is 0 Å². The molecule has 2 aliphatic heterocycles. The van der Waals surface area contributed by atoms with Crippen LogP contribution >= 0.6 is 0 Å². The Hall–Kier alpha value is -0.370. The maximum Gasteiger partial charge on any atom is 0.138 e. The van der Waals surface area contributed by atoms with Gasteiger partial charge in [-0.1, -0.05) is 6.92 Å². The second kappa shape index (κ2) is 3.82. The Bertz CT molecular complexity index is 377. The fourth-order valence-corrected chi connectivity index (χ4v) is 6.18. The minimum absolute atomic E-state index is 0.314. The lowest BCUT2D eigenvalue weighted by Crippen LogP contribution is -2.71. The first-order valence-electron chi connectivity index (χ1n) is 7.99. The predicted octanol–water partition coefficient (Wildman–Crippen LogP) is 2.87. The molecule has 2 saturated carbocycles. The molecule has 0 amide bonds. The number of carbonyl (C=O) groups is 1. The molecule has 4 aliphatic rings. The molecule has 5 atom stereocenters. The van der Waals surface area contributed by atoms with E-state index in [0.29, 0.717) is 17.2 Å². The molecule has 0 unspecified atom stereocenters. The fourth-order valence-electron chi connectivity index (χ4n) is 6.18. The summed E-state index contributed by atoms with van der Waals surface area (Å²) in [4.78, 5) is 15.3. The Morgan fingerprint density at radius 1 is 1.22 bits per heavy atom. The zero-order valence-electron chi connectivity index (χ0n) is 11.5.